The summed E-state index contributed by atoms with van der Waals surface area (Å²) in [6.07, 6.45) is 4.44. The van der Waals surface area contributed by atoms with E-state index >= 15 is 0 Å². The van der Waals surface area contributed by atoms with Gasteiger partial charge in [0.15, 0.2) is 0 Å². The molecule has 2 rings (SSSR count). The summed E-state index contributed by atoms with van der Waals surface area (Å²) in [5.41, 5.74) is 2.03. The first kappa shape index (κ1) is 11.3. The lowest BCUT2D eigenvalue weighted by atomic mass is 10.1. The molecule has 0 N–H and O–H groups in total. The van der Waals surface area contributed by atoms with Crippen molar-refractivity contribution in [1.29, 1.82) is 0 Å². The van der Waals surface area contributed by atoms with Gasteiger partial charge in [0.1, 0.15) is 6.33 Å². The molecule has 0 aliphatic carbocycles. The Kier molecular flexibility index (Phi) is 3.39. The average Bonchev–Trinajstić information content (AvgIpc) is 2.65. The summed E-state index contributed by atoms with van der Waals surface area (Å²) >= 11 is 6.25. The Morgan fingerprint density at radius 3 is 3.06 bits per heavy atom. The number of hydrogen-bond acceptors (Lipinski definition) is 3. The summed E-state index contributed by atoms with van der Waals surface area (Å²) in [5.74, 6) is 0.648. The van der Waals surface area contributed by atoms with Crippen LogP contribution in [-0.4, -0.2) is 25.0 Å². The van der Waals surface area contributed by atoms with Crippen LogP contribution in [0.25, 0.3) is 5.78 Å². The van der Waals surface area contributed by atoms with Crippen LogP contribution in [0, 0.1) is 6.92 Å². The third-order valence-electron chi connectivity index (χ3n) is 2.49. The standard InChI is InChI=1S/C11H15ClN4/c1-3-4-9(12)6-10-5-8(2)15-11-13-7-14-16(10)11/h5,7,9H,3-4,6H2,1-2H3. The van der Waals surface area contributed by atoms with E-state index in [9.17, 15) is 0 Å². The van der Waals surface area contributed by atoms with Crippen molar-refractivity contribution >= 4 is 17.4 Å². The second-order valence-electron chi connectivity index (χ2n) is 3.95. The lowest BCUT2D eigenvalue weighted by Gasteiger charge is -2.09. The Labute approximate surface area is 99.7 Å². The molecule has 4 nitrogen and oxygen atoms in total. The number of alkyl halides is 1. The van der Waals surface area contributed by atoms with Gasteiger partial charge in [0.05, 0.1) is 0 Å². The SMILES string of the molecule is CCCC(Cl)Cc1cc(C)nc2ncnn12. The van der Waals surface area contributed by atoms with Crippen molar-refractivity contribution in [2.24, 2.45) is 0 Å². The van der Waals surface area contributed by atoms with Crippen LogP contribution in [0.4, 0.5) is 0 Å². The fourth-order valence-corrected chi connectivity index (χ4v) is 2.17. The van der Waals surface area contributed by atoms with Gasteiger partial charge in [-0.05, 0) is 19.4 Å². The Hall–Kier alpha value is -1.16. The van der Waals surface area contributed by atoms with Gasteiger partial charge in [0, 0.05) is 23.2 Å². The van der Waals surface area contributed by atoms with Gasteiger partial charge in [0.2, 0.25) is 0 Å². The van der Waals surface area contributed by atoms with E-state index in [2.05, 4.69) is 22.0 Å². The summed E-state index contributed by atoms with van der Waals surface area (Å²) in [5, 5.41) is 4.31. The minimum atomic E-state index is 0.152. The monoisotopic (exact) mass is 238 g/mol. The highest BCUT2D eigenvalue weighted by Gasteiger charge is 2.10. The Balaban J connectivity index is 2.31. The summed E-state index contributed by atoms with van der Waals surface area (Å²) in [6.45, 7) is 4.10. The zero-order valence-electron chi connectivity index (χ0n) is 9.52. The van der Waals surface area contributed by atoms with Crippen molar-refractivity contribution in [1.82, 2.24) is 19.6 Å². The molecular weight excluding hydrogens is 224 g/mol. The highest BCUT2D eigenvalue weighted by molar-refractivity contribution is 6.20. The Morgan fingerprint density at radius 1 is 1.50 bits per heavy atom. The molecule has 1 atom stereocenters. The van der Waals surface area contributed by atoms with Crippen LogP contribution in [0.2, 0.25) is 0 Å². The van der Waals surface area contributed by atoms with Crippen LogP contribution in [-0.2, 0) is 6.42 Å². The van der Waals surface area contributed by atoms with Crippen LogP contribution < -0.4 is 0 Å². The molecule has 16 heavy (non-hydrogen) atoms. The van der Waals surface area contributed by atoms with Crippen molar-refractivity contribution in [2.75, 3.05) is 0 Å². The molecule has 0 bridgehead atoms. The topological polar surface area (TPSA) is 43.1 Å². The van der Waals surface area contributed by atoms with Crippen molar-refractivity contribution in [3.05, 3.63) is 23.8 Å². The highest BCUT2D eigenvalue weighted by Crippen LogP contribution is 2.14. The van der Waals surface area contributed by atoms with Crippen LogP contribution in [0.5, 0.6) is 0 Å². The van der Waals surface area contributed by atoms with Gasteiger partial charge in [-0.1, -0.05) is 13.3 Å². The fraction of sp³-hybridized carbons (Fsp3) is 0.545. The van der Waals surface area contributed by atoms with Gasteiger partial charge in [0.25, 0.3) is 5.78 Å². The lowest BCUT2D eigenvalue weighted by Crippen LogP contribution is -2.09. The van der Waals surface area contributed by atoms with Crippen LogP contribution >= 0.6 is 11.6 Å². The van der Waals surface area contributed by atoms with Crippen molar-refractivity contribution in [2.45, 2.75) is 38.5 Å². The first-order valence-electron chi connectivity index (χ1n) is 5.51. The summed E-state index contributed by atoms with van der Waals surface area (Å²) in [4.78, 5) is 8.39. The minimum Gasteiger partial charge on any atom is -0.216 e. The van der Waals surface area contributed by atoms with E-state index in [1.54, 1.807) is 4.52 Å². The predicted molar refractivity (Wildman–Crippen MR) is 63.8 cm³/mol. The normalized spacial score (nSPS) is 13.2. The summed E-state index contributed by atoms with van der Waals surface area (Å²) < 4.78 is 1.76. The number of halogens is 1. The fourth-order valence-electron chi connectivity index (χ4n) is 1.79. The van der Waals surface area contributed by atoms with Gasteiger partial charge in [-0.25, -0.2) is 9.50 Å². The zero-order valence-corrected chi connectivity index (χ0v) is 10.3. The average molecular weight is 239 g/mol. The number of fused-ring (bicyclic) bond motifs is 1. The molecule has 5 heteroatoms. The van der Waals surface area contributed by atoms with E-state index in [1.807, 2.05) is 13.0 Å². The van der Waals surface area contributed by atoms with Crippen LogP contribution in [0.1, 0.15) is 31.2 Å². The molecule has 0 amide bonds. The van der Waals surface area contributed by atoms with E-state index in [4.69, 9.17) is 11.6 Å². The molecule has 2 aromatic rings. The molecule has 0 radical (unpaired) electrons. The van der Waals surface area contributed by atoms with E-state index in [-0.39, 0.29) is 5.38 Å². The Morgan fingerprint density at radius 2 is 2.31 bits per heavy atom. The molecule has 86 valence electrons. The van der Waals surface area contributed by atoms with Gasteiger partial charge < -0.3 is 0 Å². The maximum atomic E-state index is 6.25. The largest absolute Gasteiger partial charge is 0.252 e. The minimum absolute atomic E-state index is 0.152. The quantitative estimate of drug-likeness (QED) is 0.769. The zero-order chi connectivity index (χ0) is 11.5. The molecule has 1 unspecified atom stereocenters. The van der Waals surface area contributed by atoms with Crippen molar-refractivity contribution in [3.8, 4) is 0 Å². The lowest BCUT2D eigenvalue weighted by molar-refractivity contribution is 0.695. The predicted octanol–water partition coefficient (Wildman–Crippen LogP) is 2.38. The second-order valence-corrected chi connectivity index (χ2v) is 4.57. The third-order valence-corrected chi connectivity index (χ3v) is 2.86. The maximum absolute atomic E-state index is 6.25. The molecule has 0 aromatic carbocycles. The van der Waals surface area contributed by atoms with Gasteiger partial charge >= 0.3 is 0 Å². The number of aryl methyl sites for hydroxylation is 1. The molecular formula is C11H15ClN4. The van der Waals surface area contributed by atoms with E-state index < -0.39 is 0 Å². The van der Waals surface area contributed by atoms with Gasteiger partial charge in [-0.3, -0.25) is 0 Å². The molecule has 2 heterocycles. The first-order chi connectivity index (χ1) is 7.70. The molecule has 0 fully saturated rings. The molecule has 0 saturated carbocycles. The summed E-state index contributed by atoms with van der Waals surface area (Å²) in [7, 11) is 0. The number of aromatic nitrogens is 4. The third kappa shape index (κ3) is 2.32. The first-order valence-corrected chi connectivity index (χ1v) is 5.94. The summed E-state index contributed by atoms with van der Waals surface area (Å²) in [6, 6.07) is 2.02. The van der Waals surface area contributed by atoms with E-state index in [1.165, 1.54) is 6.33 Å². The van der Waals surface area contributed by atoms with E-state index in [0.717, 1.165) is 30.7 Å². The smallest absolute Gasteiger partial charge is 0.216 e. The molecule has 0 aliphatic heterocycles. The number of rotatable bonds is 4. The highest BCUT2D eigenvalue weighted by atomic mass is 35.5. The van der Waals surface area contributed by atoms with Crippen molar-refractivity contribution in [3.63, 3.8) is 0 Å². The second kappa shape index (κ2) is 4.78. The van der Waals surface area contributed by atoms with E-state index in [0.29, 0.717) is 5.78 Å². The molecule has 0 spiro atoms. The Bertz CT molecular complexity index is 480. The molecule has 0 aliphatic rings. The molecule has 0 saturated heterocycles. The van der Waals surface area contributed by atoms with Gasteiger partial charge in [-0.2, -0.15) is 10.1 Å². The van der Waals surface area contributed by atoms with Gasteiger partial charge in [-0.15, -0.1) is 11.6 Å². The van der Waals surface area contributed by atoms with Crippen LogP contribution in [0.15, 0.2) is 12.4 Å². The molecule has 2 aromatic heterocycles. The van der Waals surface area contributed by atoms with Crippen LogP contribution in [0.3, 0.4) is 0 Å². The van der Waals surface area contributed by atoms with Crippen molar-refractivity contribution < 1.29 is 0 Å². The maximum Gasteiger partial charge on any atom is 0.252 e. The number of nitrogens with zero attached hydrogens (tertiary/aromatic N) is 4. The number of hydrogen-bond donors (Lipinski definition) is 0.